The molecule has 0 radical (unpaired) electrons. The summed E-state index contributed by atoms with van der Waals surface area (Å²) in [5, 5.41) is 13.7. The van der Waals surface area contributed by atoms with Gasteiger partial charge in [0.05, 0.1) is 4.92 Å². The van der Waals surface area contributed by atoms with Crippen LogP contribution in [-0.4, -0.2) is 65.0 Å². The largest absolute Gasteiger partial charge is 0.393 e. The highest BCUT2D eigenvalue weighted by Crippen LogP contribution is 2.22. The molecular weight excluding hydrogens is 362 g/mol. The van der Waals surface area contributed by atoms with E-state index in [-0.39, 0.29) is 22.8 Å². The highest BCUT2D eigenvalue weighted by atomic mass is 16.6. The Morgan fingerprint density at radius 1 is 1.21 bits per heavy atom. The third-order valence-corrected chi connectivity index (χ3v) is 4.63. The second kappa shape index (κ2) is 9.09. The SMILES string of the molecule is Nc1ccc(C(=O)NCCCN2CCN(c3ncccn3)CC2)cc1[N+](=O)[O-]. The van der Waals surface area contributed by atoms with E-state index in [1.807, 2.05) is 0 Å². The molecule has 0 unspecified atom stereocenters. The molecule has 1 aliphatic heterocycles. The molecule has 0 atom stereocenters. The smallest absolute Gasteiger partial charge is 0.292 e. The zero-order valence-corrected chi connectivity index (χ0v) is 15.5. The van der Waals surface area contributed by atoms with Gasteiger partial charge < -0.3 is 16.0 Å². The molecule has 28 heavy (non-hydrogen) atoms. The van der Waals surface area contributed by atoms with E-state index in [1.165, 1.54) is 18.2 Å². The Morgan fingerprint density at radius 3 is 2.61 bits per heavy atom. The lowest BCUT2D eigenvalue weighted by Gasteiger charge is -2.34. The summed E-state index contributed by atoms with van der Waals surface area (Å²) in [6.45, 7) is 4.92. The van der Waals surface area contributed by atoms with Crippen LogP contribution in [0.5, 0.6) is 0 Å². The molecule has 10 nitrogen and oxygen atoms in total. The van der Waals surface area contributed by atoms with E-state index in [4.69, 9.17) is 5.73 Å². The topological polar surface area (TPSA) is 131 Å². The van der Waals surface area contributed by atoms with Gasteiger partial charge in [0.15, 0.2) is 0 Å². The molecule has 1 aliphatic rings. The molecule has 1 fully saturated rings. The highest BCUT2D eigenvalue weighted by Gasteiger charge is 2.19. The van der Waals surface area contributed by atoms with E-state index in [0.717, 1.165) is 45.1 Å². The molecule has 1 saturated heterocycles. The van der Waals surface area contributed by atoms with Gasteiger partial charge in [-0.3, -0.25) is 19.8 Å². The number of amides is 1. The maximum absolute atomic E-state index is 12.2. The minimum absolute atomic E-state index is 0.0431. The van der Waals surface area contributed by atoms with Gasteiger partial charge in [-0.15, -0.1) is 0 Å². The van der Waals surface area contributed by atoms with E-state index in [9.17, 15) is 14.9 Å². The molecule has 10 heteroatoms. The third kappa shape index (κ3) is 4.92. The molecule has 3 N–H and O–H groups in total. The quantitative estimate of drug-likeness (QED) is 0.311. The van der Waals surface area contributed by atoms with Crippen LogP contribution in [-0.2, 0) is 0 Å². The average Bonchev–Trinajstić information content (AvgIpc) is 2.72. The molecule has 2 heterocycles. The van der Waals surface area contributed by atoms with Crippen molar-refractivity contribution in [2.45, 2.75) is 6.42 Å². The molecule has 1 aromatic carbocycles. The highest BCUT2D eigenvalue weighted by molar-refractivity contribution is 5.95. The summed E-state index contributed by atoms with van der Waals surface area (Å²) < 4.78 is 0. The normalized spacial score (nSPS) is 14.6. The van der Waals surface area contributed by atoms with Gasteiger partial charge in [0.25, 0.3) is 11.6 Å². The minimum atomic E-state index is -0.591. The fourth-order valence-corrected chi connectivity index (χ4v) is 3.08. The zero-order chi connectivity index (χ0) is 19.9. The maximum atomic E-state index is 12.2. The summed E-state index contributed by atoms with van der Waals surface area (Å²) in [4.78, 5) is 35.5. The monoisotopic (exact) mass is 385 g/mol. The summed E-state index contributed by atoms with van der Waals surface area (Å²) >= 11 is 0. The standard InChI is InChI=1S/C18H23N7O3/c19-15-4-3-14(13-16(15)25(27)28)17(26)20-7-2-8-23-9-11-24(12-10-23)18-21-5-1-6-22-18/h1,3-6,13H,2,7-12,19H2,(H,20,26). The number of benzene rings is 1. The second-order valence-corrected chi connectivity index (χ2v) is 6.52. The number of nitro benzene ring substituents is 1. The molecule has 0 saturated carbocycles. The van der Waals surface area contributed by atoms with E-state index in [1.54, 1.807) is 18.5 Å². The number of nitrogen functional groups attached to an aromatic ring is 1. The Morgan fingerprint density at radius 2 is 1.93 bits per heavy atom. The minimum Gasteiger partial charge on any atom is -0.393 e. The fourth-order valence-electron chi connectivity index (χ4n) is 3.08. The van der Waals surface area contributed by atoms with Crippen LogP contribution in [0.3, 0.4) is 0 Å². The summed E-state index contributed by atoms with van der Waals surface area (Å²) in [5.74, 6) is 0.418. The Labute approximate surface area is 162 Å². The maximum Gasteiger partial charge on any atom is 0.292 e. The number of nitro groups is 1. The Bertz CT molecular complexity index is 823. The van der Waals surface area contributed by atoms with E-state index < -0.39 is 4.92 Å². The van der Waals surface area contributed by atoms with Crippen LogP contribution in [0, 0.1) is 10.1 Å². The summed E-state index contributed by atoms with van der Waals surface area (Å²) in [6.07, 6.45) is 4.28. The molecule has 0 aliphatic carbocycles. The molecule has 2 aromatic rings. The molecule has 148 valence electrons. The Kier molecular flexibility index (Phi) is 6.33. The van der Waals surface area contributed by atoms with Crippen molar-refractivity contribution in [3.8, 4) is 0 Å². The number of anilines is 2. The van der Waals surface area contributed by atoms with Crippen LogP contribution in [0.25, 0.3) is 0 Å². The number of piperazine rings is 1. The number of nitrogens with two attached hydrogens (primary N) is 1. The predicted molar refractivity (Wildman–Crippen MR) is 105 cm³/mol. The lowest BCUT2D eigenvalue weighted by Crippen LogP contribution is -2.47. The Hall–Kier alpha value is -3.27. The van der Waals surface area contributed by atoms with Crippen molar-refractivity contribution in [2.24, 2.45) is 0 Å². The van der Waals surface area contributed by atoms with Crippen molar-refractivity contribution in [3.05, 3.63) is 52.3 Å². The summed E-state index contributed by atoms with van der Waals surface area (Å²) in [5.41, 5.74) is 5.57. The molecule has 0 spiro atoms. The average molecular weight is 385 g/mol. The first-order chi connectivity index (χ1) is 13.5. The van der Waals surface area contributed by atoms with E-state index >= 15 is 0 Å². The number of aromatic nitrogens is 2. The number of nitrogens with zero attached hydrogens (tertiary/aromatic N) is 5. The third-order valence-electron chi connectivity index (χ3n) is 4.63. The van der Waals surface area contributed by atoms with Gasteiger partial charge in [-0.25, -0.2) is 9.97 Å². The van der Waals surface area contributed by atoms with Crippen molar-refractivity contribution in [1.29, 1.82) is 0 Å². The number of hydrogen-bond donors (Lipinski definition) is 2. The molecule has 1 aromatic heterocycles. The first-order valence-electron chi connectivity index (χ1n) is 9.11. The zero-order valence-electron chi connectivity index (χ0n) is 15.5. The van der Waals surface area contributed by atoms with Crippen molar-refractivity contribution < 1.29 is 9.72 Å². The van der Waals surface area contributed by atoms with Crippen LogP contribution in [0.1, 0.15) is 16.8 Å². The van der Waals surface area contributed by atoms with Crippen LogP contribution in [0.2, 0.25) is 0 Å². The number of carbonyl (C=O) groups is 1. The van der Waals surface area contributed by atoms with Gasteiger partial charge >= 0.3 is 0 Å². The van der Waals surface area contributed by atoms with Gasteiger partial charge in [-0.2, -0.15) is 0 Å². The van der Waals surface area contributed by atoms with Gasteiger partial charge in [0.1, 0.15) is 5.69 Å². The second-order valence-electron chi connectivity index (χ2n) is 6.52. The van der Waals surface area contributed by atoms with E-state index in [2.05, 4.69) is 25.1 Å². The number of hydrogen-bond acceptors (Lipinski definition) is 8. The van der Waals surface area contributed by atoms with E-state index in [0.29, 0.717) is 6.54 Å². The Balaban J connectivity index is 1.39. The van der Waals surface area contributed by atoms with Gasteiger partial charge in [-0.1, -0.05) is 0 Å². The van der Waals surface area contributed by atoms with Crippen molar-refractivity contribution >= 4 is 23.2 Å². The molecular formula is C18H23N7O3. The lowest BCUT2D eigenvalue weighted by atomic mass is 10.1. The van der Waals surface area contributed by atoms with Crippen molar-refractivity contribution in [3.63, 3.8) is 0 Å². The van der Waals surface area contributed by atoms with Crippen LogP contribution >= 0.6 is 0 Å². The molecule has 3 rings (SSSR count). The number of carbonyl (C=O) groups excluding carboxylic acids is 1. The first-order valence-corrected chi connectivity index (χ1v) is 9.11. The summed E-state index contributed by atoms with van der Waals surface area (Å²) in [6, 6.07) is 5.87. The molecule has 1 amide bonds. The molecule has 0 bridgehead atoms. The van der Waals surface area contributed by atoms with Gasteiger partial charge in [0.2, 0.25) is 5.95 Å². The number of nitrogens with one attached hydrogen (secondary N) is 1. The first kappa shape index (κ1) is 19.5. The van der Waals surface area contributed by atoms with Crippen molar-refractivity contribution in [1.82, 2.24) is 20.2 Å². The van der Waals surface area contributed by atoms with Crippen LogP contribution in [0.15, 0.2) is 36.7 Å². The fraction of sp³-hybridized carbons (Fsp3) is 0.389. The van der Waals surface area contributed by atoms with Crippen LogP contribution in [0.4, 0.5) is 17.3 Å². The lowest BCUT2D eigenvalue weighted by molar-refractivity contribution is -0.383. The van der Waals surface area contributed by atoms with Gasteiger partial charge in [-0.05, 0) is 31.2 Å². The van der Waals surface area contributed by atoms with Crippen molar-refractivity contribution in [2.75, 3.05) is 49.9 Å². The predicted octanol–water partition coefficient (Wildman–Crippen LogP) is 0.909. The van der Waals surface area contributed by atoms with Gasteiger partial charge in [0, 0.05) is 56.7 Å². The summed E-state index contributed by atoms with van der Waals surface area (Å²) in [7, 11) is 0. The van der Waals surface area contributed by atoms with Crippen LogP contribution < -0.4 is 16.0 Å². The number of rotatable bonds is 7.